The normalized spacial score (nSPS) is 11.3. The summed E-state index contributed by atoms with van der Waals surface area (Å²) in [5.74, 6) is -0.410. The van der Waals surface area contributed by atoms with Crippen LogP contribution in [0.1, 0.15) is 28.4 Å². The van der Waals surface area contributed by atoms with E-state index >= 15 is 0 Å². The van der Waals surface area contributed by atoms with Crippen molar-refractivity contribution in [2.24, 2.45) is 0 Å². The van der Waals surface area contributed by atoms with E-state index in [4.69, 9.17) is 0 Å². The maximum atomic E-state index is 13.0. The first-order chi connectivity index (χ1) is 16.7. The highest BCUT2D eigenvalue weighted by atomic mass is 32.2. The number of carbonyl (C=O) groups excluding carboxylic acids is 1. The highest BCUT2D eigenvalue weighted by Gasteiger charge is 2.20. The number of hydrazine groups is 1. The Bertz CT molecular complexity index is 1580. The molecule has 4 rings (SSSR count). The highest BCUT2D eigenvalue weighted by Crippen LogP contribution is 2.21. The van der Waals surface area contributed by atoms with Crippen LogP contribution < -0.4 is 21.1 Å². The van der Waals surface area contributed by atoms with Crippen molar-refractivity contribution in [2.75, 3.05) is 10.1 Å². The van der Waals surface area contributed by atoms with Crippen molar-refractivity contribution in [3.05, 3.63) is 93.8 Å². The van der Waals surface area contributed by atoms with E-state index in [0.717, 1.165) is 5.56 Å². The van der Waals surface area contributed by atoms with Crippen molar-refractivity contribution in [2.45, 2.75) is 32.2 Å². The standard InChI is InChI=1S/C25H25N5O4S/c1-4-30-24(32)20-7-5-6-8-21(20)26-25(30)28-27-23(31)18-12-11-17(3)22(15-18)35(33,34)29-19-13-9-16(2)10-14-19/h5-15,29H,4H2,1-3H3,(H,26,28)(H,27,31). The molecule has 3 aromatic carbocycles. The molecule has 0 unspecified atom stereocenters. The van der Waals surface area contributed by atoms with E-state index in [-0.39, 0.29) is 22.0 Å². The number of amides is 1. The van der Waals surface area contributed by atoms with Gasteiger partial charge in [-0.25, -0.2) is 13.4 Å². The van der Waals surface area contributed by atoms with Gasteiger partial charge in [0, 0.05) is 17.8 Å². The van der Waals surface area contributed by atoms with Crippen molar-refractivity contribution in [3.8, 4) is 0 Å². The molecule has 1 amide bonds. The number of sulfonamides is 1. The van der Waals surface area contributed by atoms with E-state index in [1.54, 1.807) is 68.4 Å². The number of benzene rings is 3. The van der Waals surface area contributed by atoms with Gasteiger partial charge >= 0.3 is 0 Å². The highest BCUT2D eigenvalue weighted by molar-refractivity contribution is 7.92. The zero-order valence-electron chi connectivity index (χ0n) is 19.5. The lowest BCUT2D eigenvalue weighted by Crippen LogP contribution is -2.34. The summed E-state index contributed by atoms with van der Waals surface area (Å²) in [4.78, 5) is 30.0. The van der Waals surface area contributed by atoms with E-state index in [1.165, 1.54) is 16.7 Å². The quantitative estimate of drug-likeness (QED) is 0.340. The summed E-state index contributed by atoms with van der Waals surface area (Å²) in [5, 5.41) is 0.473. The van der Waals surface area contributed by atoms with Crippen LogP contribution in [0, 0.1) is 13.8 Å². The van der Waals surface area contributed by atoms with Gasteiger partial charge in [0.15, 0.2) is 0 Å². The summed E-state index contributed by atoms with van der Waals surface area (Å²) in [6.07, 6.45) is 0. The van der Waals surface area contributed by atoms with Gasteiger partial charge in [0.2, 0.25) is 5.95 Å². The molecule has 1 aromatic heterocycles. The number of nitrogens with one attached hydrogen (secondary N) is 3. The van der Waals surface area contributed by atoms with Gasteiger partial charge in [-0.3, -0.25) is 29.7 Å². The zero-order chi connectivity index (χ0) is 25.2. The first-order valence-corrected chi connectivity index (χ1v) is 12.4. The molecule has 0 radical (unpaired) electrons. The van der Waals surface area contributed by atoms with Crippen LogP contribution >= 0.6 is 0 Å². The van der Waals surface area contributed by atoms with Crippen LogP contribution in [-0.4, -0.2) is 23.9 Å². The number of hydrogen-bond acceptors (Lipinski definition) is 6. The number of rotatable bonds is 7. The molecule has 0 saturated heterocycles. The monoisotopic (exact) mass is 491 g/mol. The first kappa shape index (κ1) is 24.0. The van der Waals surface area contributed by atoms with Crippen molar-refractivity contribution in [3.63, 3.8) is 0 Å². The topological polar surface area (TPSA) is 122 Å². The first-order valence-electron chi connectivity index (χ1n) is 11.0. The summed E-state index contributed by atoms with van der Waals surface area (Å²) >= 11 is 0. The number of hydrogen-bond donors (Lipinski definition) is 3. The summed E-state index contributed by atoms with van der Waals surface area (Å²) < 4.78 is 29.9. The molecule has 0 bridgehead atoms. The van der Waals surface area contributed by atoms with Crippen LogP contribution in [0.3, 0.4) is 0 Å². The van der Waals surface area contributed by atoms with Crippen molar-refractivity contribution < 1.29 is 13.2 Å². The maximum Gasteiger partial charge on any atom is 0.269 e. The molecule has 10 heteroatoms. The molecule has 0 spiro atoms. The summed E-state index contributed by atoms with van der Waals surface area (Å²) in [7, 11) is -3.93. The molecule has 0 saturated carbocycles. The Kier molecular flexibility index (Phi) is 6.57. The third-order valence-electron chi connectivity index (χ3n) is 5.51. The minimum atomic E-state index is -3.93. The summed E-state index contributed by atoms with van der Waals surface area (Å²) in [6, 6.07) is 18.3. The summed E-state index contributed by atoms with van der Waals surface area (Å²) in [5.41, 5.74) is 7.51. The second-order valence-corrected chi connectivity index (χ2v) is 9.68. The lowest BCUT2D eigenvalue weighted by Gasteiger charge is -2.15. The van der Waals surface area contributed by atoms with Crippen LogP contribution in [0.2, 0.25) is 0 Å². The van der Waals surface area contributed by atoms with Crippen LogP contribution in [0.5, 0.6) is 0 Å². The van der Waals surface area contributed by atoms with Gasteiger partial charge in [0.05, 0.1) is 15.8 Å². The van der Waals surface area contributed by atoms with Crippen LogP contribution in [0.25, 0.3) is 10.9 Å². The lowest BCUT2D eigenvalue weighted by atomic mass is 10.1. The van der Waals surface area contributed by atoms with Crippen LogP contribution in [0.15, 0.2) is 76.4 Å². The molecule has 0 atom stereocenters. The molecular formula is C25H25N5O4S. The number of fused-ring (bicyclic) bond motifs is 1. The molecule has 180 valence electrons. The number of aromatic nitrogens is 2. The van der Waals surface area contributed by atoms with Gasteiger partial charge in [-0.1, -0.05) is 35.9 Å². The number of para-hydroxylation sites is 1. The predicted molar refractivity (Wildman–Crippen MR) is 136 cm³/mol. The number of anilines is 2. The Morgan fingerprint density at radius 3 is 2.43 bits per heavy atom. The van der Waals surface area contributed by atoms with Crippen LogP contribution in [0.4, 0.5) is 11.6 Å². The Morgan fingerprint density at radius 1 is 1.00 bits per heavy atom. The third-order valence-corrected chi connectivity index (χ3v) is 7.03. The van der Waals surface area contributed by atoms with Gasteiger partial charge in [-0.05, 0) is 62.7 Å². The Hall–Kier alpha value is -4.18. The SMILES string of the molecule is CCn1c(NNC(=O)c2ccc(C)c(S(=O)(=O)Nc3ccc(C)cc3)c2)nc2ccccc2c1=O. The molecule has 3 N–H and O–H groups in total. The van der Waals surface area contributed by atoms with E-state index in [1.807, 2.05) is 6.92 Å². The largest absolute Gasteiger partial charge is 0.280 e. The smallest absolute Gasteiger partial charge is 0.269 e. The minimum absolute atomic E-state index is 0.0139. The molecule has 9 nitrogen and oxygen atoms in total. The van der Waals surface area contributed by atoms with E-state index in [2.05, 4.69) is 20.6 Å². The molecule has 4 aromatic rings. The van der Waals surface area contributed by atoms with Gasteiger partial charge in [0.25, 0.3) is 21.5 Å². The number of nitrogens with zero attached hydrogens (tertiary/aromatic N) is 2. The number of carbonyl (C=O) groups is 1. The molecular weight excluding hydrogens is 466 g/mol. The molecule has 0 fully saturated rings. The van der Waals surface area contributed by atoms with E-state index < -0.39 is 15.9 Å². The Balaban J connectivity index is 1.58. The van der Waals surface area contributed by atoms with Gasteiger partial charge in [-0.2, -0.15) is 0 Å². The molecule has 0 aliphatic heterocycles. The molecule has 1 heterocycles. The molecule has 0 aliphatic carbocycles. The second kappa shape index (κ2) is 9.59. The predicted octanol–water partition coefficient (Wildman–Crippen LogP) is 3.59. The third kappa shape index (κ3) is 5.02. The zero-order valence-corrected chi connectivity index (χ0v) is 20.3. The van der Waals surface area contributed by atoms with Gasteiger partial charge in [-0.15, -0.1) is 0 Å². The van der Waals surface area contributed by atoms with Gasteiger partial charge in [0.1, 0.15) is 0 Å². The van der Waals surface area contributed by atoms with E-state index in [0.29, 0.717) is 28.7 Å². The average molecular weight is 492 g/mol. The van der Waals surface area contributed by atoms with Gasteiger partial charge < -0.3 is 0 Å². The maximum absolute atomic E-state index is 13.0. The average Bonchev–Trinajstić information content (AvgIpc) is 2.84. The molecule has 0 aliphatic rings. The fourth-order valence-electron chi connectivity index (χ4n) is 3.60. The number of aryl methyl sites for hydroxylation is 2. The Labute approximate surface area is 202 Å². The van der Waals surface area contributed by atoms with Crippen molar-refractivity contribution in [1.82, 2.24) is 15.0 Å². The van der Waals surface area contributed by atoms with Crippen molar-refractivity contribution >= 4 is 38.5 Å². The van der Waals surface area contributed by atoms with Crippen molar-refractivity contribution in [1.29, 1.82) is 0 Å². The minimum Gasteiger partial charge on any atom is -0.280 e. The molecule has 35 heavy (non-hydrogen) atoms. The Morgan fingerprint density at radius 2 is 1.71 bits per heavy atom. The fraction of sp³-hybridized carbons (Fsp3) is 0.160. The lowest BCUT2D eigenvalue weighted by molar-refractivity contribution is 0.0962. The second-order valence-electron chi connectivity index (χ2n) is 8.03. The fourth-order valence-corrected chi connectivity index (χ4v) is 4.93. The summed E-state index contributed by atoms with van der Waals surface area (Å²) in [6.45, 7) is 5.70. The van der Waals surface area contributed by atoms with E-state index in [9.17, 15) is 18.0 Å². The van der Waals surface area contributed by atoms with Crippen LogP contribution in [-0.2, 0) is 16.6 Å².